The van der Waals surface area contributed by atoms with Crippen LogP contribution in [-0.2, 0) is 19.6 Å². The lowest BCUT2D eigenvalue weighted by Crippen LogP contribution is -2.50. The predicted octanol–water partition coefficient (Wildman–Crippen LogP) is 2.00. The van der Waals surface area contributed by atoms with Gasteiger partial charge in [-0.1, -0.05) is 6.42 Å². The molecule has 3 aliphatic rings. The Morgan fingerprint density at radius 3 is 2.40 bits per heavy atom. The van der Waals surface area contributed by atoms with Gasteiger partial charge in [-0.05, 0) is 50.9 Å². The number of sulfonamides is 1. The molecule has 0 unspecified atom stereocenters. The Labute approximate surface area is 151 Å². The first kappa shape index (κ1) is 19.1. The SMILES string of the molecule is CS(=O)(=O)N(C1CCC1)[C@H]1CCCN(C(=O)CC[C@@H]2CCOC2)CC1. The molecular weight excluding hydrogens is 340 g/mol. The normalized spacial score (nSPS) is 28.8. The summed E-state index contributed by atoms with van der Waals surface area (Å²) in [5.41, 5.74) is 0. The zero-order valence-corrected chi connectivity index (χ0v) is 16.2. The summed E-state index contributed by atoms with van der Waals surface area (Å²) in [6, 6.07) is 0.242. The molecule has 1 amide bonds. The fourth-order valence-electron chi connectivity index (χ4n) is 4.36. The lowest BCUT2D eigenvalue weighted by atomic mass is 9.91. The monoisotopic (exact) mass is 372 g/mol. The van der Waals surface area contributed by atoms with Gasteiger partial charge in [-0.25, -0.2) is 8.42 Å². The summed E-state index contributed by atoms with van der Waals surface area (Å²) in [5.74, 6) is 0.755. The average Bonchev–Trinajstić information content (AvgIpc) is 2.91. The molecule has 3 fully saturated rings. The van der Waals surface area contributed by atoms with Gasteiger partial charge >= 0.3 is 0 Å². The van der Waals surface area contributed by atoms with Crippen LogP contribution in [0.15, 0.2) is 0 Å². The van der Waals surface area contributed by atoms with E-state index in [1.807, 2.05) is 4.90 Å². The van der Waals surface area contributed by atoms with Crippen molar-refractivity contribution in [2.75, 3.05) is 32.6 Å². The summed E-state index contributed by atoms with van der Waals surface area (Å²) in [6.45, 7) is 3.06. The molecule has 144 valence electrons. The van der Waals surface area contributed by atoms with E-state index in [0.29, 0.717) is 18.9 Å². The highest BCUT2D eigenvalue weighted by atomic mass is 32.2. The van der Waals surface area contributed by atoms with E-state index in [1.165, 1.54) is 6.26 Å². The first-order valence-electron chi connectivity index (χ1n) is 9.79. The third-order valence-corrected chi connectivity index (χ3v) is 7.38. The van der Waals surface area contributed by atoms with Crippen LogP contribution in [-0.4, -0.2) is 68.2 Å². The van der Waals surface area contributed by atoms with E-state index in [-0.39, 0.29) is 18.0 Å². The third kappa shape index (κ3) is 4.95. The van der Waals surface area contributed by atoms with Gasteiger partial charge in [0.15, 0.2) is 0 Å². The lowest BCUT2D eigenvalue weighted by molar-refractivity contribution is -0.131. The summed E-state index contributed by atoms with van der Waals surface area (Å²) in [7, 11) is -3.18. The maximum absolute atomic E-state index is 12.5. The number of carbonyl (C=O) groups excluding carboxylic acids is 1. The Morgan fingerprint density at radius 2 is 1.80 bits per heavy atom. The summed E-state index contributed by atoms with van der Waals surface area (Å²) >= 11 is 0. The summed E-state index contributed by atoms with van der Waals surface area (Å²) in [5, 5.41) is 0. The number of hydrogen-bond acceptors (Lipinski definition) is 4. The van der Waals surface area contributed by atoms with Crippen molar-refractivity contribution in [2.45, 2.75) is 69.9 Å². The molecule has 0 aromatic carbocycles. The summed E-state index contributed by atoms with van der Waals surface area (Å²) in [4.78, 5) is 14.5. The largest absolute Gasteiger partial charge is 0.381 e. The molecule has 7 heteroatoms. The molecule has 0 aromatic rings. The molecule has 0 N–H and O–H groups in total. The Hall–Kier alpha value is -0.660. The highest BCUT2D eigenvalue weighted by molar-refractivity contribution is 7.88. The minimum atomic E-state index is -3.18. The molecule has 0 spiro atoms. The maximum atomic E-state index is 12.5. The van der Waals surface area contributed by atoms with Crippen LogP contribution in [0.5, 0.6) is 0 Å². The number of rotatable bonds is 6. The molecule has 6 nitrogen and oxygen atoms in total. The molecule has 3 rings (SSSR count). The molecule has 2 atom stereocenters. The van der Waals surface area contributed by atoms with Crippen molar-refractivity contribution in [3.8, 4) is 0 Å². The zero-order chi connectivity index (χ0) is 17.9. The molecular formula is C18H32N2O4S. The fourth-order valence-corrected chi connectivity index (χ4v) is 5.87. The second kappa shape index (κ2) is 8.35. The van der Waals surface area contributed by atoms with E-state index >= 15 is 0 Å². The third-order valence-electron chi connectivity index (χ3n) is 6.02. The second-order valence-electron chi connectivity index (χ2n) is 7.91. The average molecular weight is 373 g/mol. The highest BCUT2D eigenvalue weighted by Gasteiger charge is 2.37. The predicted molar refractivity (Wildman–Crippen MR) is 96.7 cm³/mol. The Balaban J connectivity index is 1.53. The van der Waals surface area contributed by atoms with Gasteiger partial charge in [0.25, 0.3) is 0 Å². The molecule has 1 aliphatic carbocycles. The van der Waals surface area contributed by atoms with Gasteiger partial charge in [-0.15, -0.1) is 0 Å². The smallest absolute Gasteiger partial charge is 0.222 e. The van der Waals surface area contributed by atoms with Gasteiger partial charge < -0.3 is 9.64 Å². The van der Waals surface area contributed by atoms with Crippen LogP contribution in [0.3, 0.4) is 0 Å². The molecule has 0 aromatic heterocycles. The van der Waals surface area contributed by atoms with Crippen LogP contribution in [0, 0.1) is 5.92 Å². The molecule has 25 heavy (non-hydrogen) atoms. The van der Waals surface area contributed by atoms with Crippen molar-refractivity contribution in [1.82, 2.24) is 9.21 Å². The molecule has 2 aliphatic heterocycles. The van der Waals surface area contributed by atoms with E-state index in [2.05, 4.69) is 0 Å². The Kier molecular flexibility index (Phi) is 6.39. The van der Waals surface area contributed by atoms with Crippen LogP contribution < -0.4 is 0 Å². The molecule has 0 bridgehead atoms. The van der Waals surface area contributed by atoms with Gasteiger partial charge in [-0.3, -0.25) is 4.79 Å². The number of hydrogen-bond donors (Lipinski definition) is 0. The Bertz CT molecular complexity index is 555. The van der Waals surface area contributed by atoms with E-state index in [9.17, 15) is 13.2 Å². The van der Waals surface area contributed by atoms with Crippen LogP contribution in [0.4, 0.5) is 0 Å². The summed E-state index contributed by atoms with van der Waals surface area (Å²) < 4.78 is 31.7. The van der Waals surface area contributed by atoms with Crippen molar-refractivity contribution in [3.63, 3.8) is 0 Å². The first-order chi connectivity index (χ1) is 11.9. The minimum Gasteiger partial charge on any atom is -0.381 e. The van der Waals surface area contributed by atoms with Gasteiger partial charge in [0.05, 0.1) is 6.26 Å². The van der Waals surface area contributed by atoms with Gasteiger partial charge in [0.2, 0.25) is 15.9 Å². The maximum Gasteiger partial charge on any atom is 0.222 e. The molecule has 0 radical (unpaired) electrons. The molecule has 2 heterocycles. The van der Waals surface area contributed by atoms with E-state index < -0.39 is 10.0 Å². The van der Waals surface area contributed by atoms with Crippen molar-refractivity contribution < 1.29 is 17.9 Å². The van der Waals surface area contributed by atoms with Gasteiger partial charge in [-0.2, -0.15) is 4.31 Å². The first-order valence-corrected chi connectivity index (χ1v) is 11.6. The van der Waals surface area contributed by atoms with Gasteiger partial charge in [0.1, 0.15) is 0 Å². The number of nitrogens with zero attached hydrogens (tertiary/aromatic N) is 2. The highest BCUT2D eigenvalue weighted by Crippen LogP contribution is 2.32. The van der Waals surface area contributed by atoms with E-state index in [0.717, 1.165) is 71.1 Å². The summed E-state index contributed by atoms with van der Waals surface area (Å²) in [6.07, 6.45) is 9.52. The minimum absolute atomic E-state index is 0.0568. The number of likely N-dealkylation sites (tertiary alicyclic amines) is 1. The van der Waals surface area contributed by atoms with Crippen LogP contribution in [0.25, 0.3) is 0 Å². The van der Waals surface area contributed by atoms with Gasteiger partial charge in [0, 0.05) is 44.8 Å². The zero-order valence-electron chi connectivity index (χ0n) is 15.4. The second-order valence-corrected chi connectivity index (χ2v) is 9.80. The van der Waals surface area contributed by atoms with Crippen LogP contribution in [0.2, 0.25) is 0 Å². The standard InChI is InChI=1S/C18H32N2O4S/c1-25(22,23)20(16-4-2-5-16)17-6-3-11-19(12-9-17)18(21)8-7-15-10-13-24-14-15/h15-17H,2-14H2,1H3/t15-,17+/m1/s1. The van der Waals surface area contributed by atoms with Crippen molar-refractivity contribution in [3.05, 3.63) is 0 Å². The Morgan fingerprint density at radius 1 is 1.08 bits per heavy atom. The number of carbonyl (C=O) groups is 1. The number of ether oxygens (including phenoxy) is 1. The van der Waals surface area contributed by atoms with Crippen LogP contribution >= 0.6 is 0 Å². The topological polar surface area (TPSA) is 66.9 Å². The quantitative estimate of drug-likeness (QED) is 0.715. The molecule has 1 saturated carbocycles. The van der Waals surface area contributed by atoms with Crippen molar-refractivity contribution >= 4 is 15.9 Å². The van der Waals surface area contributed by atoms with E-state index in [4.69, 9.17) is 4.74 Å². The van der Waals surface area contributed by atoms with Crippen LogP contribution in [0.1, 0.15) is 57.8 Å². The number of amides is 1. The van der Waals surface area contributed by atoms with E-state index in [1.54, 1.807) is 4.31 Å². The lowest BCUT2D eigenvalue weighted by Gasteiger charge is -2.40. The fraction of sp³-hybridized carbons (Fsp3) is 0.944. The van der Waals surface area contributed by atoms with Crippen molar-refractivity contribution in [1.29, 1.82) is 0 Å². The van der Waals surface area contributed by atoms with Crippen molar-refractivity contribution in [2.24, 2.45) is 5.92 Å². The molecule has 2 saturated heterocycles.